The predicted molar refractivity (Wildman–Crippen MR) is 115 cm³/mol. The summed E-state index contributed by atoms with van der Waals surface area (Å²) >= 11 is 2.82. The van der Waals surface area contributed by atoms with Crippen LogP contribution in [0.1, 0.15) is 17.7 Å². The second kappa shape index (κ2) is 9.57. The maximum atomic E-state index is 12.7. The number of hydrogen-bond acceptors (Lipinski definition) is 7. The van der Waals surface area contributed by atoms with Crippen LogP contribution in [0.25, 0.3) is 0 Å². The summed E-state index contributed by atoms with van der Waals surface area (Å²) in [7, 11) is 3.52. The average Bonchev–Trinajstić information content (AvgIpc) is 3.15. The van der Waals surface area contributed by atoms with E-state index in [9.17, 15) is 4.79 Å². The molecule has 8 heteroatoms. The Morgan fingerprint density at radius 2 is 1.86 bits per heavy atom. The molecule has 0 unspecified atom stereocenters. The Morgan fingerprint density at radius 3 is 2.57 bits per heavy atom. The van der Waals surface area contributed by atoms with E-state index in [1.165, 1.54) is 23.1 Å². The summed E-state index contributed by atoms with van der Waals surface area (Å²) in [5, 5.41) is 12.0. The largest absolute Gasteiger partial charge is 0.492 e. The van der Waals surface area contributed by atoms with Crippen LogP contribution >= 0.6 is 23.1 Å². The van der Waals surface area contributed by atoms with Crippen LogP contribution in [-0.4, -0.2) is 41.7 Å². The Bertz CT molecular complexity index is 915. The topological polar surface area (TPSA) is 67.3 Å². The highest BCUT2D eigenvalue weighted by atomic mass is 32.2. The second-order valence-corrected chi connectivity index (χ2v) is 8.40. The van der Waals surface area contributed by atoms with Gasteiger partial charge < -0.3 is 15.0 Å². The van der Waals surface area contributed by atoms with Gasteiger partial charge in [-0.2, -0.15) is 0 Å². The predicted octanol–water partition coefficient (Wildman–Crippen LogP) is 4.60. The third kappa shape index (κ3) is 5.02. The van der Waals surface area contributed by atoms with E-state index >= 15 is 0 Å². The molecule has 0 spiro atoms. The van der Waals surface area contributed by atoms with Crippen molar-refractivity contribution in [1.29, 1.82) is 0 Å². The molecule has 0 saturated carbocycles. The minimum Gasteiger partial charge on any atom is -0.492 e. The first-order valence-electron chi connectivity index (χ1n) is 8.83. The number of benzene rings is 2. The molecule has 1 N–H and O–H groups in total. The first-order chi connectivity index (χ1) is 13.6. The number of carbonyl (C=O) groups excluding carboxylic acids is 1. The molecule has 0 aliphatic heterocycles. The normalized spacial score (nSPS) is 11.7. The van der Waals surface area contributed by atoms with Crippen molar-refractivity contribution in [2.24, 2.45) is 0 Å². The first-order valence-corrected chi connectivity index (χ1v) is 10.5. The number of nitrogens with zero attached hydrogens (tertiary/aromatic N) is 3. The first kappa shape index (κ1) is 20.2. The van der Waals surface area contributed by atoms with Crippen LogP contribution in [0.2, 0.25) is 0 Å². The van der Waals surface area contributed by atoms with Crippen molar-refractivity contribution in [1.82, 2.24) is 15.1 Å². The number of aromatic nitrogens is 2. The van der Waals surface area contributed by atoms with Gasteiger partial charge in [0.05, 0.1) is 12.3 Å². The highest BCUT2D eigenvalue weighted by Crippen LogP contribution is 2.39. The molecular weight excluding hydrogens is 392 g/mol. The van der Waals surface area contributed by atoms with Crippen molar-refractivity contribution in [3.63, 3.8) is 0 Å². The highest BCUT2D eigenvalue weighted by Gasteiger charge is 2.25. The van der Waals surface area contributed by atoms with Gasteiger partial charge in [0.15, 0.2) is 4.34 Å². The van der Waals surface area contributed by atoms with Gasteiger partial charge in [0, 0.05) is 14.1 Å². The molecule has 0 aliphatic rings. The summed E-state index contributed by atoms with van der Waals surface area (Å²) in [5.41, 5.74) is 1.78. The molecule has 0 bridgehead atoms. The van der Waals surface area contributed by atoms with E-state index in [2.05, 4.69) is 15.5 Å². The fourth-order valence-corrected chi connectivity index (χ4v) is 4.60. The zero-order valence-electron chi connectivity index (χ0n) is 16.0. The number of hydrogen-bond donors (Lipinski definition) is 1. The molecular formula is C20H22N4O2S2. The third-order valence-corrected chi connectivity index (χ3v) is 5.99. The number of likely N-dealkylation sites (N-methyl/N-ethyl adjacent to an activating group) is 1. The van der Waals surface area contributed by atoms with Crippen LogP contribution in [0.5, 0.6) is 5.75 Å². The molecule has 0 fully saturated rings. The summed E-state index contributed by atoms with van der Waals surface area (Å²) in [5.74, 6) is 0.780. The lowest BCUT2D eigenvalue weighted by Crippen LogP contribution is -2.26. The van der Waals surface area contributed by atoms with E-state index < -0.39 is 0 Å². The van der Waals surface area contributed by atoms with Gasteiger partial charge in [-0.1, -0.05) is 65.6 Å². The molecule has 0 saturated heterocycles. The smallest absolute Gasteiger partial charge is 0.240 e. The SMILES string of the molecule is CCOc1ccccc1Nc1nnc(S[C@@H](C(=O)N(C)C)c2ccccc2)s1. The summed E-state index contributed by atoms with van der Waals surface area (Å²) in [6, 6.07) is 17.4. The maximum Gasteiger partial charge on any atom is 0.240 e. The summed E-state index contributed by atoms with van der Waals surface area (Å²) in [6.07, 6.45) is 0. The highest BCUT2D eigenvalue weighted by molar-refractivity contribution is 8.01. The quantitative estimate of drug-likeness (QED) is 0.543. The molecule has 0 aliphatic carbocycles. The van der Waals surface area contributed by atoms with Gasteiger partial charge in [0.1, 0.15) is 11.0 Å². The Labute approximate surface area is 172 Å². The Kier molecular flexibility index (Phi) is 6.89. The van der Waals surface area contributed by atoms with Crippen molar-refractivity contribution in [3.05, 3.63) is 60.2 Å². The van der Waals surface area contributed by atoms with Crippen LogP contribution in [0.3, 0.4) is 0 Å². The molecule has 3 aromatic rings. The number of nitrogens with one attached hydrogen (secondary N) is 1. The lowest BCUT2D eigenvalue weighted by Gasteiger charge is -2.19. The zero-order valence-corrected chi connectivity index (χ0v) is 17.6. The minimum atomic E-state index is -0.368. The number of anilines is 2. The lowest BCUT2D eigenvalue weighted by molar-refractivity contribution is -0.128. The summed E-state index contributed by atoms with van der Waals surface area (Å²) < 4.78 is 6.36. The van der Waals surface area contributed by atoms with Gasteiger partial charge in [0.25, 0.3) is 0 Å². The van der Waals surface area contributed by atoms with E-state index in [0.29, 0.717) is 11.7 Å². The molecule has 146 valence electrons. The lowest BCUT2D eigenvalue weighted by atomic mass is 10.1. The van der Waals surface area contributed by atoms with Gasteiger partial charge in [-0.3, -0.25) is 4.79 Å². The van der Waals surface area contributed by atoms with E-state index in [1.807, 2.05) is 61.5 Å². The van der Waals surface area contributed by atoms with E-state index in [0.717, 1.165) is 21.3 Å². The van der Waals surface area contributed by atoms with Gasteiger partial charge >= 0.3 is 0 Å². The molecule has 1 amide bonds. The second-order valence-electron chi connectivity index (χ2n) is 6.07. The number of para-hydroxylation sites is 2. The van der Waals surface area contributed by atoms with Crippen LogP contribution < -0.4 is 10.1 Å². The van der Waals surface area contributed by atoms with Crippen LogP contribution in [-0.2, 0) is 4.79 Å². The summed E-state index contributed by atoms with van der Waals surface area (Å²) in [6.45, 7) is 2.53. The van der Waals surface area contributed by atoms with Gasteiger partial charge in [-0.05, 0) is 24.6 Å². The third-order valence-electron chi connectivity index (χ3n) is 3.82. The molecule has 1 heterocycles. The van der Waals surface area contributed by atoms with Crippen LogP contribution in [0.15, 0.2) is 58.9 Å². The van der Waals surface area contributed by atoms with Gasteiger partial charge in [0.2, 0.25) is 11.0 Å². The van der Waals surface area contributed by atoms with Crippen molar-refractivity contribution < 1.29 is 9.53 Å². The molecule has 3 rings (SSSR count). The van der Waals surface area contributed by atoms with Crippen molar-refractivity contribution in [2.75, 3.05) is 26.0 Å². The molecule has 28 heavy (non-hydrogen) atoms. The Hall–Kier alpha value is -2.58. The van der Waals surface area contributed by atoms with E-state index in [-0.39, 0.29) is 11.2 Å². The van der Waals surface area contributed by atoms with Crippen molar-refractivity contribution in [2.45, 2.75) is 16.5 Å². The Morgan fingerprint density at radius 1 is 1.14 bits per heavy atom. The zero-order chi connectivity index (χ0) is 19.9. The molecule has 1 atom stereocenters. The minimum absolute atomic E-state index is 0.0163. The van der Waals surface area contributed by atoms with Crippen molar-refractivity contribution in [3.8, 4) is 5.75 Å². The number of carbonyl (C=O) groups is 1. The van der Waals surface area contributed by atoms with Gasteiger partial charge in [-0.25, -0.2) is 0 Å². The maximum absolute atomic E-state index is 12.7. The summed E-state index contributed by atoms with van der Waals surface area (Å²) in [4.78, 5) is 14.3. The molecule has 1 aromatic heterocycles. The molecule has 2 aromatic carbocycles. The van der Waals surface area contributed by atoms with Gasteiger partial charge in [-0.15, -0.1) is 10.2 Å². The number of rotatable bonds is 8. The number of amides is 1. The number of thioether (sulfide) groups is 1. The molecule has 0 radical (unpaired) electrons. The van der Waals surface area contributed by atoms with Crippen molar-refractivity contribution >= 4 is 39.8 Å². The average molecular weight is 415 g/mol. The Balaban J connectivity index is 1.78. The van der Waals surface area contributed by atoms with Crippen LogP contribution in [0, 0.1) is 0 Å². The standard InChI is InChI=1S/C20H22N4O2S2/c1-4-26-16-13-9-8-12-15(16)21-19-22-23-20(28-19)27-17(18(25)24(2)3)14-10-6-5-7-11-14/h5-13,17H,4H2,1-3H3,(H,21,22)/t17-/m1/s1. The van der Waals surface area contributed by atoms with E-state index in [1.54, 1.807) is 19.0 Å². The monoisotopic (exact) mass is 414 g/mol. The van der Waals surface area contributed by atoms with Crippen LogP contribution in [0.4, 0.5) is 10.8 Å². The van der Waals surface area contributed by atoms with E-state index in [4.69, 9.17) is 4.74 Å². The molecule has 6 nitrogen and oxygen atoms in total. The number of ether oxygens (including phenoxy) is 1. The fraction of sp³-hybridized carbons (Fsp3) is 0.250. The fourth-order valence-electron chi connectivity index (χ4n) is 2.50.